The number of ether oxygens (including phenoxy) is 2. The molecule has 0 N–H and O–H groups in total. The highest BCUT2D eigenvalue weighted by molar-refractivity contribution is 5.41. The van der Waals surface area contributed by atoms with E-state index in [1.54, 1.807) is 0 Å². The van der Waals surface area contributed by atoms with E-state index in [-0.39, 0.29) is 0 Å². The van der Waals surface area contributed by atoms with Crippen LogP contribution < -0.4 is 4.74 Å². The van der Waals surface area contributed by atoms with Gasteiger partial charge in [-0.25, -0.2) is 0 Å². The summed E-state index contributed by atoms with van der Waals surface area (Å²) in [5.41, 5.74) is 3.82. The van der Waals surface area contributed by atoms with Gasteiger partial charge in [-0.2, -0.15) is 0 Å². The Kier molecular flexibility index (Phi) is 7.63. The molecule has 0 bridgehead atoms. The highest BCUT2D eigenvalue weighted by atomic mass is 16.5. The quantitative estimate of drug-likeness (QED) is 0.843. The molecule has 1 aromatic carbocycles. The zero-order chi connectivity index (χ0) is 15.0. The standard InChI is InChI=1S/C15H23NO2.C2H6/c1-12-10-13(2)14(3)15(11-12)18-9-6-16-4-7-17-8-5-16;1-2/h10-11H,4-9H2,1-3H3;1-2H3. The smallest absolute Gasteiger partial charge is 0.122 e. The molecule has 1 fully saturated rings. The first-order chi connectivity index (χ1) is 9.66. The Morgan fingerprint density at radius 3 is 2.40 bits per heavy atom. The molecule has 0 aromatic heterocycles. The summed E-state index contributed by atoms with van der Waals surface area (Å²) in [5.74, 6) is 1.03. The number of hydrogen-bond acceptors (Lipinski definition) is 3. The van der Waals surface area contributed by atoms with Gasteiger partial charge in [-0.1, -0.05) is 19.9 Å². The molecular weight excluding hydrogens is 250 g/mol. The van der Waals surface area contributed by atoms with Gasteiger partial charge >= 0.3 is 0 Å². The monoisotopic (exact) mass is 279 g/mol. The fraction of sp³-hybridized carbons (Fsp3) is 0.647. The van der Waals surface area contributed by atoms with Crippen molar-refractivity contribution in [3.63, 3.8) is 0 Å². The molecule has 1 aliphatic heterocycles. The summed E-state index contributed by atoms with van der Waals surface area (Å²) in [7, 11) is 0. The van der Waals surface area contributed by atoms with Crippen molar-refractivity contribution in [2.24, 2.45) is 0 Å². The molecular formula is C17H29NO2. The van der Waals surface area contributed by atoms with Gasteiger partial charge in [0.05, 0.1) is 13.2 Å². The van der Waals surface area contributed by atoms with Crippen molar-refractivity contribution >= 4 is 0 Å². The van der Waals surface area contributed by atoms with E-state index in [0.717, 1.165) is 45.2 Å². The fourth-order valence-corrected chi connectivity index (χ4v) is 2.26. The van der Waals surface area contributed by atoms with Crippen LogP contribution >= 0.6 is 0 Å². The van der Waals surface area contributed by atoms with Crippen LogP contribution in [0.1, 0.15) is 30.5 Å². The molecule has 1 heterocycles. The molecule has 2 rings (SSSR count). The van der Waals surface area contributed by atoms with Gasteiger partial charge in [-0.05, 0) is 43.5 Å². The van der Waals surface area contributed by atoms with E-state index in [2.05, 4.69) is 37.8 Å². The lowest BCUT2D eigenvalue weighted by atomic mass is 10.1. The molecule has 0 atom stereocenters. The lowest BCUT2D eigenvalue weighted by Crippen LogP contribution is -2.38. The third-order valence-electron chi connectivity index (χ3n) is 3.53. The Hall–Kier alpha value is -1.06. The Morgan fingerprint density at radius 1 is 1.10 bits per heavy atom. The van der Waals surface area contributed by atoms with Crippen LogP contribution in [0.3, 0.4) is 0 Å². The number of rotatable bonds is 4. The van der Waals surface area contributed by atoms with Crippen LogP contribution in [0.5, 0.6) is 5.75 Å². The molecule has 0 spiro atoms. The maximum absolute atomic E-state index is 5.92. The maximum Gasteiger partial charge on any atom is 0.122 e. The van der Waals surface area contributed by atoms with E-state index in [4.69, 9.17) is 9.47 Å². The minimum Gasteiger partial charge on any atom is -0.492 e. The van der Waals surface area contributed by atoms with Gasteiger partial charge in [0.15, 0.2) is 0 Å². The van der Waals surface area contributed by atoms with E-state index in [1.807, 2.05) is 13.8 Å². The second-order valence-electron chi connectivity index (χ2n) is 5.01. The Labute approximate surface area is 123 Å². The molecule has 1 saturated heterocycles. The van der Waals surface area contributed by atoms with Gasteiger partial charge in [0.25, 0.3) is 0 Å². The van der Waals surface area contributed by atoms with Crippen LogP contribution in [0.25, 0.3) is 0 Å². The minimum absolute atomic E-state index is 0.754. The van der Waals surface area contributed by atoms with Crippen LogP contribution in [0.15, 0.2) is 12.1 Å². The number of hydrogen-bond donors (Lipinski definition) is 0. The van der Waals surface area contributed by atoms with Gasteiger partial charge in [0.2, 0.25) is 0 Å². The van der Waals surface area contributed by atoms with Crippen molar-refractivity contribution in [1.82, 2.24) is 4.90 Å². The molecule has 1 aromatic rings. The normalized spacial score (nSPS) is 15.4. The van der Waals surface area contributed by atoms with Gasteiger partial charge in [0, 0.05) is 19.6 Å². The third-order valence-corrected chi connectivity index (χ3v) is 3.53. The predicted molar refractivity (Wildman–Crippen MR) is 84.8 cm³/mol. The second kappa shape index (κ2) is 8.98. The van der Waals surface area contributed by atoms with E-state index in [0.29, 0.717) is 0 Å². The molecule has 114 valence electrons. The predicted octanol–water partition coefficient (Wildman–Crippen LogP) is 3.35. The Morgan fingerprint density at radius 2 is 1.75 bits per heavy atom. The molecule has 0 aliphatic carbocycles. The van der Waals surface area contributed by atoms with Gasteiger partial charge < -0.3 is 9.47 Å². The SMILES string of the molecule is CC.Cc1cc(C)c(C)c(OCCN2CCOCC2)c1. The van der Waals surface area contributed by atoms with E-state index in [9.17, 15) is 0 Å². The molecule has 0 amide bonds. The van der Waals surface area contributed by atoms with Gasteiger partial charge in [-0.15, -0.1) is 0 Å². The van der Waals surface area contributed by atoms with Crippen LogP contribution in [0.4, 0.5) is 0 Å². The number of benzene rings is 1. The van der Waals surface area contributed by atoms with Crippen molar-refractivity contribution in [3.05, 3.63) is 28.8 Å². The van der Waals surface area contributed by atoms with Crippen LogP contribution in [-0.4, -0.2) is 44.4 Å². The lowest BCUT2D eigenvalue weighted by molar-refractivity contribution is 0.0322. The van der Waals surface area contributed by atoms with Crippen molar-refractivity contribution < 1.29 is 9.47 Å². The number of morpholine rings is 1. The summed E-state index contributed by atoms with van der Waals surface area (Å²) >= 11 is 0. The molecule has 1 aliphatic rings. The Bertz CT molecular complexity index is 398. The zero-order valence-corrected chi connectivity index (χ0v) is 13.7. The van der Waals surface area contributed by atoms with E-state index >= 15 is 0 Å². The molecule has 0 radical (unpaired) electrons. The summed E-state index contributed by atoms with van der Waals surface area (Å²) < 4.78 is 11.3. The summed E-state index contributed by atoms with van der Waals surface area (Å²) in [4.78, 5) is 2.39. The maximum atomic E-state index is 5.92. The average Bonchev–Trinajstić information content (AvgIpc) is 2.47. The third kappa shape index (κ3) is 5.14. The first-order valence-corrected chi connectivity index (χ1v) is 7.67. The Balaban J connectivity index is 0.000000956. The zero-order valence-electron chi connectivity index (χ0n) is 13.7. The van der Waals surface area contributed by atoms with Crippen LogP contribution in [0, 0.1) is 20.8 Å². The minimum atomic E-state index is 0.754. The van der Waals surface area contributed by atoms with Crippen molar-refractivity contribution in [3.8, 4) is 5.75 Å². The number of aryl methyl sites for hydroxylation is 2. The molecule has 0 saturated carbocycles. The molecule has 20 heavy (non-hydrogen) atoms. The molecule has 0 unspecified atom stereocenters. The van der Waals surface area contributed by atoms with Crippen molar-refractivity contribution in [2.45, 2.75) is 34.6 Å². The molecule has 3 nitrogen and oxygen atoms in total. The first kappa shape index (κ1) is 17.0. The average molecular weight is 279 g/mol. The number of nitrogens with zero attached hydrogens (tertiary/aromatic N) is 1. The van der Waals surface area contributed by atoms with E-state index < -0.39 is 0 Å². The van der Waals surface area contributed by atoms with Gasteiger partial charge in [-0.3, -0.25) is 4.90 Å². The topological polar surface area (TPSA) is 21.7 Å². The fourth-order valence-electron chi connectivity index (χ4n) is 2.26. The highest BCUT2D eigenvalue weighted by Crippen LogP contribution is 2.23. The van der Waals surface area contributed by atoms with E-state index in [1.165, 1.54) is 16.7 Å². The van der Waals surface area contributed by atoms with Crippen molar-refractivity contribution in [1.29, 1.82) is 0 Å². The summed E-state index contributed by atoms with van der Waals surface area (Å²) in [6, 6.07) is 4.33. The second-order valence-corrected chi connectivity index (χ2v) is 5.01. The first-order valence-electron chi connectivity index (χ1n) is 7.67. The highest BCUT2D eigenvalue weighted by Gasteiger charge is 2.10. The lowest BCUT2D eigenvalue weighted by Gasteiger charge is -2.26. The summed E-state index contributed by atoms with van der Waals surface area (Å²) in [6.45, 7) is 15.9. The van der Waals surface area contributed by atoms with Crippen LogP contribution in [-0.2, 0) is 4.74 Å². The molecule has 3 heteroatoms. The summed E-state index contributed by atoms with van der Waals surface area (Å²) in [6.07, 6.45) is 0. The summed E-state index contributed by atoms with van der Waals surface area (Å²) in [5, 5.41) is 0. The van der Waals surface area contributed by atoms with Gasteiger partial charge in [0.1, 0.15) is 12.4 Å². The largest absolute Gasteiger partial charge is 0.492 e. The van der Waals surface area contributed by atoms with Crippen molar-refractivity contribution in [2.75, 3.05) is 39.5 Å². The van der Waals surface area contributed by atoms with Crippen LogP contribution in [0.2, 0.25) is 0 Å².